The molecule has 1 heterocycles. The number of carbonyl (C=O) groups is 1. The van der Waals surface area contributed by atoms with E-state index in [9.17, 15) is 4.79 Å². The second-order valence-electron chi connectivity index (χ2n) is 6.06. The minimum Gasteiger partial charge on any atom is -0.353 e. The summed E-state index contributed by atoms with van der Waals surface area (Å²) in [7, 11) is 0. The lowest BCUT2D eigenvalue weighted by molar-refractivity contribution is -0.126. The predicted molar refractivity (Wildman–Crippen MR) is 85.6 cm³/mol. The Morgan fingerprint density at radius 2 is 1.95 bits per heavy atom. The van der Waals surface area contributed by atoms with Crippen LogP contribution in [0.25, 0.3) is 0 Å². The van der Waals surface area contributed by atoms with Crippen molar-refractivity contribution in [3.63, 3.8) is 0 Å². The summed E-state index contributed by atoms with van der Waals surface area (Å²) >= 11 is 12.5. The number of amides is 1. The molecule has 21 heavy (non-hydrogen) atoms. The van der Waals surface area contributed by atoms with Crippen LogP contribution in [0.4, 0.5) is 0 Å². The van der Waals surface area contributed by atoms with Gasteiger partial charge < -0.3 is 5.32 Å². The van der Waals surface area contributed by atoms with E-state index in [1.807, 2.05) is 18.2 Å². The number of likely N-dealkylation sites (tertiary alicyclic amines) is 1. The molecule has 0 spiro atoms. The maximum absolute atomic E-state index is 12.2. The van der Waals surface area contributed by atoms with E-state index in [-0.39, 0.29) is 11.8 Å². The van der Waals surface area contributed by atoms with Gasteiger partial charge >= 0.3 is 0 Å². The summed E-state index contributed by atoms with van der Waals surface area (Å²) in [6.45, 7) is 2.50. The lowest BCUT2D eigenvalue weighted by Gasteiger charge is -2.32. The van der Waals surface area contributed by atoms with Gasteiger partial charge in [-0.05, 0) is 44.4 Å². The largest absolute Gasteiger partial charge is 0.353 e. The Bertz CT molecular complexity index is 511. The molecular weight excluding hydrogens is 307 g/mol. The van der Waals surface area contributed by atoms with Gasteiger partial charge in [-0.1, -0.05) is 29.3 Å². The number of piperidine rings is 1. The maximum atomic E-state index is 12.2. The van der Waals surface area contributed by atoms with Gasteiger partial charge in [0.25, 0.3) is 0 Å². The van der Waals surface area contributed by atoms with Gasteiger partial charge in [0.15, 0.2) is 0 Å². The molecule has 3 rings (SSSR count). The van der Waals surface area contributed by atoms with E-state index in [0.717, 1.165) is 44.3 Å². The van der Waals surface area contributed by atoms with Crippen LogP contribution in [-0.2, 0) is 11.3 Å². The minimum atomic E-state index is 0.0978. The van der Waals surface area contributed by atoms with E-state index in [0.29, 0.717) is 22.6 Å². The van der Waals surface area contributed by atoms with Crippen LogP contribution < -0.4 is 5.32 Å². The average Bonchev–Trinajstić information content (AvgIpc) is 3.27. The van der Waals surface area contributed by atoms with Crippen LogP contribution >= 0.6 is 23.2 Å². The van der Waals surface area contributed by atoms with Gasteiger partial charge in [0, 0.05) is 34.7 Å². The molecule has 1 aliphatic heterocycles. The second kappa shape index (κ2) is 6.55. The predicted octanol–water partition coefficient (Wildman–Crippen LogP) is 3.48. The highest BCUT2D eigenvalue weighted by molar-refractivity contribution is 6.35. The van der Waals surface area contributed by atoms with Crippen LogP contribution in [-0.4, -0.2) is 29.9 Å². The van der Waals surface area contributed by atoms with Crippen LogP contribution in [0.5, 0.6) is 0 Å². The summed E-state index contributed by atoms with van der Waals surface area (Å²) in [5, 5.41) is 4.51. The fourth-order valence-corrected chi connectivity index (χ4v) is 3.38. The molecule has 0 aromatic heterocycles. The molecular formula is C16H20Cl2N2O. The number of nitrogens with one attached hydrogen (secondary N) is 1. The van der Waals surface area contributed by atoms with E-state index < -0.39 is 0 Å². The Morgan fingerprint density at radius 1 is 1.24 bits per heavy atom. The third-order valence-corrected chi connectivity index (χ3v) is 4.95. The number of carbonyl (C=O) groups excluding carboxylic acids is 1. The van der Waals surface area contributed by atoms with E-state index in [2.05, 4.69) is 10.2 Å². The van der Waals surface area contributed by atoms with Gasteiger partial charge in [-0.3, -0.25) is 9.69 Å². The second-order valence-corrected chi connectivity index (χ2v) is 6.87. The Labute approximate surface area is 135 Å². The van der Waals surface area contributed by atoms with Gasteiger partial charge in [0.1, 0.15) is 0 Å². The fraction of sp³-hybridized carbons (Fsp3) is 0.562. The van der Waals surface area contributed by atoms with Crippen molar-refractivity contribution in [3.05, 3.63) is 33.8 Å². The highest BCUT2D eigenvalue weighted by Crippen LogP contribution is 2.28. The lowest BCUT2D eigenvalue weighted by atomic mass is 9.96. The topological polar surface area (TPSA) is 32.3 Å². The molecule has 2 fully saturated rings. The summed E-state index contributed by atoms with van der Waals surface area (Å²) in [5.41, 5.74) is 0.962. The van der Waals surface area contributed by atoms with Crippen LogP contribution in [0.1, 0.15) is 31.2 Å². The monoisotopic (exact) mass is 326 g/mol. The first-order valence-corrected chi connectivity index (χ1v) is 8.34. The normalized spacial score (nSPS) is 23.0. The lowest BCUT2D eigenvalue weighted by Crippen LogP contribution is -2.43. The van der Waals surface area contributed by atoms with Crippen molar-refractivity contribution in [2.24, 2.45) is 5.92 Å². The van der Waals surface area contributed by atoms with E-state index in [1.165, 1.54) is 0 Å². The molecule has 1 aliphatic carbocycles. The SMILES string of the molecule is O=C(NC1CC1)C1CCCN(Cc2c(Cl)cccc2Cl)C1. The van der Waals surface area contributed by atoms with Gasteiger partial charge in [-0.2, -0.15) is 0 Å². The summed E-state index contributed by atoms with van der Waals surface area (Å²) in [4.78, 5) is 14.5. The minimum absolute atomic E-state index is 0.0978. The van der Waals surface area contributed by atoms with E-state index in [1.54, 1.807) is 0 Å². The van der Waals surface area contributed by atoms with Crippen molar-refractivity contribution in [1.82, 2.24) is 10.2 Å². The van der Waals surface area contributed by atoms with Crippen LogP contribution in [0.2, 0.25) is 10.0 Å². The number of nitrogens with zero attached hydrogens (tertiary/aromatic N) is 1. The van der Waals surface area contributed by atoms with Crippen molar-refractivity contribution in [2.75, 3.05) is 13.1 Å². The van der Waals surface area contributed by atoms with Gasteiger partial charge in [0.2, 0.25) is 5.91 Å². The quantitative estimate of drug-likeness (QED) is 0.918. The van der Waals surface area contributed by atoms with Crippen molar-refractivity contribution in [3.8, 4) is 0 Å². The van der Waals surface area contributed by atoms with Crippen LogP contribution in [0.15, 0.2) is 18.2 Å². The van der Waals surface area contributed by atoms with E-state index in [4.69, 9.17) is 23.2 Å². The zero-order valence-electron chi connectivity index (χ0n) is 11.9. The molecule has 1 saturated carbocycles. The molecule has 1 aromatic rings. The van der Waals surface area contributed by atoms with Crippen molar-refractivity contribution in [2.45, 2.75) is 38.3 Å². The number of halogens is 2. The number of rotatable bonds is 4. The Balaban J connectivity index is 1.61. The highest BCUT2D eigenvalue weighted by Gasteiger charge is 2.30. The molecule has 1 aromatic carbocycles. The van der Waals surface area contributed by atoms with Crippen LogP contribution in [0, 0.1) is 5.92 Å². The third-order valence-electron chi connectivity index (χ3n) is 4.24. The zero-order chi connectivity index (χ0) is 14.8. The number of hydrogen-bond donors (Lipinski definition) is 1. The zero-order valence-corrected chi connectivity index (χ0v) is 13.5. The summed E-state index contributed by atoms with van der Waals surface area (Å²) in [6, 6.07) is 6.02. The Kier molecular flexibility index (Phi) is 4.72. The standard InChI is InChI=1S/C16H20Cl2N2O/c17-14-4-1-5-15(18)13(14)10-20-8-2-3-11(9-20)16(21)19-12-6-7-12/h1,4-5,11-12H,2-3,6-10H2,(H,19,21). The van der Waals surface area contributed by atoms with Gasteiger partial charge in [-0.15, -0.1) is 0 Å². The third kappa shape index (κ3) is 3.91. The molecule has 1 atom stereocenters. The average molecular weight is 327 g/mol. The fourth-order valence-electron chi connectivity index (χ4n) is 2.87. The molecule has 1 N–H and O–H groups in total. The smallest absolute Gasteiger partial charge is 0.224 e. The molecule has 114 valence electrons. The molecule has 1 unspecified atom stereocenters. The van der Waals surface area contributed by atoms with Crippen LogP contribution in [0.3, 0.4) is 0 Å². The molecule has 0 radical (unpaired) electrons. The first-order chi connectivity index (χ1) is 10.1. The summed E-state index contributed by atoms with van der Waals surface area (Å²) in [5.74, 6) is 0.313. The molecule has 1 amide bonds. The van der Waals surface area contributed by atoms with Gasteiger partial charge in [0.05, 0.1) is 5.92 Å². The Morgan fingerprint density at radius 3 is 2.62 bits per heavy atom. The first kappa shape index (κ1) is 15.1. The van der Waals surface area contributed by atoms with Gasteiger partial charge in [-0.25, -0.2) is 0 Å². The summed E-state index contributed by atoms with van der Waals surface area (Å²) < 4.78 is 0. The molecule has 2 aliphatic rings. The molecule has 1 saturated heterocycles. The van der Waals surface area contributed by atoms with Crippen molar-refractivity contribution >= 4 is 29.1 Å². The van der Waals surface area contributed by atoms with Crippen molar-refractivity contribution in [1.29, 1.82) is 0 Å². The Hall–Kier alpha value is -0.770. The maximum Gasteiger partial charge on any atom is 0.224 e. The van der Waals surface area contributed by atoms with E-state index >= 15 is 0 Å². The number of benzene rings is 1. The number of hydrogen-bond acceptors (Lipinski definition) is 2. The molecule has 0 bridgehead atoms. The molecule has 5 heteroatoms. The van der Waals surface area contributed by atoms with Crippen molar-refractivity contribution < 1.29 is 4.79 Å². The summed E-state index contributed by atoms with van der Waals surface area (Å²) in [6.07, 6.45) is 4.30. The highest BCUT2D eigenvalue weighted by atomic mass is 35.5. The molecule has 3 nitrogen and oxygen atoms in total. The first-order valence-electron chi connectivity index (χ1n) is 7.59.